The first-order chi connectivity index (χ1) is 31.8. The van der Waals surface area contributed by atoms with Crippen molar-refractivity contribution in [3.63, 3.8) is 0 Å². The van der Waals surface area contributed by atoms with Crippen molar-refractivity contribution in [2.24, 2.45) is 0 Å². The van der Waals surface area contributed by atoms with Gasteiger partial charge in [0.2, 0.25) is 5.91 Å². The van der Waals surface area contributed by atoms with Crippen LogP contribution in [0.4, 0.5) is 5.69 Å². The SMILES string of the molecule is O=C(CCOCCOCCOCc1cn(C[C@@H]2O[C@@H](O)[C@@H](O)[C@@H](O)[C@@H]2O)nn1)Nc1ccc(CC2CN3CC(=O)O[C@H]4OC(=O)CN5CCN6CC(=O)O[C@@]67[N@@]([C@]45C3)[C@]73OC(=O)CN23)cc1. The molecule has 1 aromatic heterocycles. The number of amides is 1. The van der Waals surface area contributed by atoms with E-state index in [0.717, 1.165) is 5.56 Å². The first-order valence-corrected chi connectivity index (χ1v) is 21.8. The molecule has 1 amide bonds. The summed E-state index contributed by atoms with van der Waals surface area (Å²) in [4.78, 5) is 74.7. The van der Waals surface area contributed by atoms with Crippen molar-refractivity contribution in [1.82, 2.24) is 39.5 Å². The lowest BCUT2D eigenvalue weighted by Crippen LogP contribution is -2.74. The van der Waals surface area contributed by atoms with Crippen molar-refractivity contribution >= 4 is 35.5 Å². The summed E-state index contributed by atoms with van der Waals surface area (Å²) in [5.41, 5.74) is 0.603. The Hall–Kier alpha value is -4.81. The number of esters is 4. The standard InChI is InChI=1S/C40H51N9O17/c50-28(5-8-59-9-10-60-11-12-61-21-25-14-47(43-42-25)16-27-33(55)34(56)35(57)36(58)62-27)41-24-3-1-23(2-4-24)13-26-15-44-17-29(51)63-37-38(22-44)45(18-30(52)64-37)6-7-46-19-31(53)65-39(46)40(49(38)39)48(26)20-32(54)66-40/h1-4,14,26-27,33-37,55-58H,5-13,15-22H2,(H,41,50)/t26?,27-,33+,34-,35-,36+,37-,38+,39+,40-,49+/m0/s1. The van der Waals surface area contributed by atoms with E-state index in [2.05, 4.69) is 15.6 Å². The van der Waals surface area contributed by atoms with Crippen LogP contribution in [0.25, 0.3) is 0 Å². The van der Waals surface area contributed by atoms with Gasteiger partial charge in [-0.05, 0) is 24.1 Å². The van der Waals surface area contributed by atoms with Crippen molar-refractivity contribution in [3.05, 3.63) is 41.7 Å². The second-order valence-electron chi connectivity index (χ2n) is 17.4. The Bertz CT molecular complexity index is 2200. The zero-order valence-electron chi connectivity index (χ0n) is 35.6. The van der Waals surface area contributed by atoms with Gasteiger partial charge in [0.25, 0.3) is 6.29 Å². The summed E-state index contributed by atoms with van der Waals surface area (Å²) >= 11 is 0. The molecule has 3 spiro atoms. The predicted octanol–water partition coefficient (Wildman–Crippen LogP) is -5.32. The van der Waals surface area contributed by atoms with Crippen LogP contribution < -0.4 is 5.32 Å². The monoisotopic (exact) mass is 929 g/mol. The molecule has 2 aromatic rings. The van der Waals surface area contributed by atoms with Crippen LogP contribution in [0, 0.1) is 0 Å². The van der Waals surface area contributed by atoms with Gasteiger partial charge < -0.3 is 63.6 Å². The number of ether oxygens (including phenoxy) is 8. The maximum absolute atomic E-state index is 13.4. The van der Waals surface area contributed by atoms with E-state index in [9.17, 15) is 44.4 Å². The second kappa shape index (κ2) is 17.7. The van der Waals surface area contributed by atoms with Crippen LogP contribution in [0.2, 0.25) is 0 Å². The minimum absolute atomic E-state index is 0.0228. The fourth-order valence-corrected chi connectivity index (χ4v) is 10.3. The molecule has 8 saturated heterocycles. The first kappa shape index (κ1) is 45.0. The van der Waals surface area contributed by atoms with Crippen LogP contribution >= 0.6 is 0 Å². The predicted molar refractivity (Wildman–Crippen MR) is 212 cm³/mol. The van der Waals surface area contributed by atoms with E-state index in [1.165, 1.54) is 4.68 Å². The number of rotatable bonds is 16. The van der Waals surface area contributed by atoms with E-state index in [0.29, 0.717) is 37.4 Å². The Kier molecular flexibility index (Phi) is 12.1. The number of fused-ring (bicyclic) bond motifs is 1. The molecule has 0 saturated carbocycles. The van der Waals surface area contributed by atoms with Gasteiger partial charge in [0, 0.05) is 37.9 Å². The minimum Gasteiger partial charge on any atom is -0.421 e. The number of hydrogen-bond donors (Lipinski definition) is 5. The fourth-order valence-electron chi connectivity index (χ4n) is 10.3. The lowest BCUT2D eigenvalue weighted by atomic mass is 9.99. The lowest BCUT2D eigenvalue weighted by Gasteiger charge is -2.51. The highest BCUT2D eigenvalue weighted by Gasteiger charge is 2.98. The Morgan fingerprint density at radius 2 is 1.47 bits per heavy atom. The van der Waals surface area contributed by atoms with E-state index in [-0.39, 0.29) is 91.2 Å². The third kappa shape index (κ3) is 7.81. The largest absolute Gasteiger partial charge is 0.421 e. The number of aliphatic hydroxyl groups excluding tert-OH is 4. The highest BCUT2D eigenvalue weighted by atomic mass is 16.7. The smallest absolute Gasteiger partial charge is 0.323 e. The number of nitrogens with one attached hydrogen (secondary N) is 1. The number of aliphatic hydroxyl groups is 4. The maximum Gasteiger partial charge on any atom is 0.323 e. The third-order valence-corrected chi connectivity index (χ3v) is 13.2. The highest BCUT2D eigenvalue weighted by molar-refractivity contribution is 5.90. The summed E-state index contributed by atoms with van der Waals surface area (Å²) in [5.74, 6) is -5.54. The molecule has 5 N–H and O–H groups in total. The van der Waals surface area contributed by atoms with E-state index in [4.69, 9.17) is 37.9 Å². The molecule has 8 fully saturated rings. The summed E-state index contributed by atoms with van der Waals surface area (Å²) in [6.07, 6.45) is -6.58. The quantitative estimate of drug-likeness (QED) is 0.0455. The number of carbonyl (C=O) groups excluding carboxylic acids is 5. The number of aromatic nitrogens is 3. The summed E-state index contributed by atoms with van der Waals surface area (Å²) in [5, 5.41) is 50.1. The van der Waals surface area contributed by atoms with Crippen LogP contribution in [0.5, 0.6) is 0 Å². The number of hydrogen-bond acceptors (Lipinski definition) is 24. The van der Waals surface area contributed by atoms with Gasteiger partial charge in [0.1, 0.15) is 43.2 Å². The normalized spacial score (nSPS) is 37.2. The highest BCUT2D eigenvalue weighted by Crippen LogP contribution is 2.68. The van der Waals surface area contributed by atoms with Crippen LogP contribution in [-0.4, -0.2) is 235 Å². The van der Waals surface area contributed by atoms with Gasteiger partial charge in [-0.3, -0.25) is 33.8 Å². The zero-order valence-corrected chi connectivity index (χ0v) is 35.6. The Balaban J connectivity index is 0.680. The van der Waals surface area contributed by atoms with Gasteiger partial charge in [0.15, 0.2) is 12.0 Å². The molecular weight excluding hydrogens is 878 g/mol. The fraction of sp³-hybridized carbons (Fsp3) is 0.675. The lowest BCUT2D eigenvalue weighted by molar-refractivity contribution is -0.284. The molecule has 2 unspecified atom stereocenters. The van der Waals surface area contributed by atoms with Crippen LogP contribution in [0.1, 0.15) is 17.7 Å². The molecule has 9 heterocycles. The van der Waals surface area contributed by atoms with E-state index in [1.54, 1.807) is 23.2 Å². The van der Waals surface area contributed by atoms with Gasteiger partial charge in [-0.1, -0.05) is 17.3 Å². The summed E-state index contributed by atoms with van der Waals surface area (Å²) < 4.78 is 47.2. The van der Waals surface area contributed by atoms with Crippen LogP contribution in [0.15, 0.2) is 30.5 Å². The second-order valence-corrected chi connectivity index (χ2v) is 17.4. The van der Waals surface area contributed by atoms with Crippen LogP contribution in [0.3, 0.4) is 0 Å². The van der Waals surface area contributed by atoms with Gasteiger partial charge in [-0.2, -0.15) is 4.90 Å². The molecule has 358 valence electrons. The van der Waals surface area contributed by atoms with Gasteiger partial charge in [-0.25, -0.2) is 14.5 Å². The van der Waals surface area contributed by atoms with Crippen molar-refractivity contribution in [2.45, 2.75) is 86.4 Å². The Morgan fingerprint density at radius 3 is 2.26 bits per heavy atom. The number of anilines is 1. The van der Waals surface area contributed by atoms with Crippen molar-refractivity contribution in [3.8, 4) is 0 Å². The van der Waals surface area contributed by atoms with Gasteiger partial charge >= 0.3 is 35.6 Å². The molecule has 12 atom stereocenters. The molecule has 8 aliphatic rings. The van der Waals surface area contributed by atoms with E-state index < -0.39 is 84.3 Å². The average Bonchev–Trinajstić information content (AvgIpc) is 3.55. The number of nitrogens with zero attached hydrogens (tertiary/aromatic N) is 8. The molecule has 66 heavy (non-hydrogen) atoms. The van der Waals surface area contributed by atoms with E-state index in [1.807, 2.05) is 31.7 Å². The molecule has 2 bridgehead atoms. The van der Waals surface area contributed by atoms with Crippen LogP contribution in [-0.2, 0) is 81.4 Å². The van der Waals surface area contributed by atoms with Gasteiger partial charge in [0.05, 0.1) is 71.9 Å². The van der Waals surface area contributed by atoms with E-state index >= 15 is 0 Å². The molecule has 10 rings (SSSR count). The zero-order chi connectivity index (χ0) is 46.0. The molecule has 0 aliphatic carbocycles. The van der Waals surface area contributed by atoms with Gasteiger partial charge in [-0.15, -0.1) is 5.10 Å². The topological polar surface area (TPSA) is 299 Å². The first-order valence-electron chi connectivity index (χ1n) is 21.8. The molecule has 8 aliphatic heterocycles. The average molecular weight is 930 g/mol. The summed E-state index contributed by atoms with van der Waals surface area (Å²) in [6.45, 7) is 2.05. The number of morpholine rings is 1. The molecule has 1 aromatic carbocycles. The molecule has 26 nitrogen and oxygen atoms in total. The van der Waals surface area contributed by atoms with Crippen molar-refractivity contribution in [1.29, 1.82) is 0 Å². The Morgan fingerprint density at radius 1 is 0.788 bits per heavy atom. The van der Waals surface area contributed by atoms with Crippen molar-refractivity contribution < 1.29 is 82.3 Å². The maximum atomic E-state index is 13.4. The van der Waals surface area contributed by atoms with Crippen molar-refractivity contribution in [2.75, 3.05) is 90.7 Å². The molecular formula is C40H51N9O17. The Labute approximate surface area is 375 Å². The molecule has 26 heteroatoms. The number of benzene rings is 1. The molecule has 0 radical (unpaired) electrons. The number of carbonyl (C=O) groups is 5. The minimum atomic E-state index is -1.64. The third-order valence-electron chi connectivity index (χ3n) is 13.2. The summed E-state index contributed by atoms with van der Waals surface area (Å²) in [6, 6.07) is 6.87. The summed E-state index contributed by atoms with van der Waals surface area (Å²) in [7, 11) is 0.